The summed E-state index contributed by atoms with van der Waals surface area (Å²) in [7, 11) is 6.65. The molecule has 0 aliphatic heterocycles. The highest BCUT2D eigenvalue weighted by atomic mass is 15.2. The Hall–Kier alpha value is -1.06. The van der Waals surface area contributed by atoms with Gasteiger partial charge in [0, 0.05) is 30.9 Å². The van der Waals surface area contributed by atoms with Crippen molar-refractivity contribution in [1.29, 1.82) is 0 Å². The lowest BCUT2D eigenvalue weighted by Crippen LogP contribution is -2.56. The zero-order valence-corrected chi connectivity index (χ0v) is 14.3. The summed E-state index contributed by atoms with van der Waals surface area (Å²) in [5.74, 6) is 0. The minimum absolute atomic E-state index is 0.200. The van der Waals surface area contributed by atoms with Crippen LogP contribution in [0.2, 0.25) is 0 Å². The van der Waals surface area contributed by atoms with Crippen LogP contribution in [0, 0.1) is 6.92 Å². The fraction of sp³-hybridized carbons (Fsp3) is 0.667. The van der Waals surface area contributed by atoms with Crippen LogP contribution in [0.1, 0.15) is 37.3 Å². The average Bonchev–Trinajstić information content (AvgIpc) is 2.32. The van der Waals surface area contributed by atoms with E-state index in [1.54, 1.807) is 0 Å². The normalized spacial score (nSPS) is 18.4. The zero-order valence-electron chi connectivity index (χ0n) is 14.3. The zero-order chi connectivity index (χ0) is 15.6. The van der Waals surface area contributed by atoms with Crippen molar-refractivity contribution in [3.63, 3.8) is 0 Å². The summed E-state index contributed by atoms with van der Waals surface area (Å²) in [4.78, 5) is 4.84. The molecule has 0 saturated heterocycles. The Kier molecular flexibility index (Phi) is 4.95. The van der Waals surface area contributed by atoms with Gasteiger partial charge in [0.25, 0.3) is 0 Å². The number of hydrogen-bond donors (Lipinski definition) is 1. The largest absolute Gasteiger partial charge is 0.373 e. The van der Waals surface area contributed by atoms with Gasteiger partial charge in [-0.15, -0.1) is 0 Å². The number of nitrogens with two attached hydrogens (primary N) is 1. The lowest BCUT2D eigenvalue weighted by atomic mass is 9.75. The van der Waals surface area contributed by atoms with E-state index in [2.05, 4.69) is 63.0 Å². The first kappa shape index (κ1) is 16.3. The van der Waals surface area contributed by atoms with E-state index in [9.17, 15) is 0 Å². The van der Waals surface area contributed by atoms with Crippen molar-refractivity contribution in [2.75, 3.05) is 32.6 Å². The molecule has 1 unspecified atom stereocenters. The topological polar surface area (TPSA) is 32.5 Å². The maximum absolute atomic E-state index is 6.03. The summed E-state index contributed by atoms with van der Waals surface area (Å²) in [5.41, 5.74) is 10.4. The van der Waals surface area contributed by atoms with E-state index in [-0.39, 0.29) is 6.04 Å². The van der Waals surface area contributed by atoms with Crippen LogP contribution in [-0.4, -0.2) is 44.2 Å². The molecule has 21 heavy (non-hydrogen) atoms. The molecule has 2 rings (SSSR count). The maximum Gasteiger partial charge on any atom is 0.0397 e. The van der Waals surface area contributed by atoms with E-state index in [0.717, 1.165) is 13.0 Å². The number of likely N-dealkylation sites (N-methyl/N-ethyl adjacent to an activating group) is 2. The summed E-state index contributed by atoms with van der Waals surface area (Å²) in [6, 6.07) is 6.96. The molecule has 2 N–H and O–H groups in total. The van der Waals surface area contributed by atoms with Crippen LogP contribution in [0.15, 0.2) is 18.2 Å². The number of aryl methyl sites for hydroxylation is 1. The highest BCUT2D eigenvalue weighted by molar-refractivity contribution is 5.55. The molecule has 118 valence electrons. The molecule has 1 atom stereocenters. The van der Waals surface area contributed by atoms with E-state index in [1.165, 1.54) is 36.1 Å². The molecular formula is C18H31N3. The Morgan fingerprint density at radius 1 is 1.24 bits per heavy atom. The predicted octanol–water partition coefficient (Wildman–Crippen LogP) is 2.81. The standard InChI is InChI=1S/C18H31N3/c1-14-7-8-17(16(11-14)12-15(2)19)21(5)13-18(20(3)4)9-6-10-18/h7-8,11,15H,6,9-10,12-13,19H2,1-5H3. The quantitative estimate of drug-likeness (QED) is 0.874. The predicted molar refractivity (Wildman–Crippen MR) is 92.1 cm³/mol. The third-order valence-electron chi connectivity index (χ3n) is 4.95. The Morgan fingerprint density at radius 3 is 2.38 bits per heavy atom. The van der Waals surface area contributed by atoms with Gasteiger partial charge in [-0.05, 0) is 65.3 Å². The second-order valence-electron chi connectivity index (χ2n) is 7.14. The highest BCUT2D eigenvalue weighted by Crippen LogP contribution is 2.38. The van der Waals surface area contributed by atoms with Crippen molar-refractivity contribution >= 4 is 5.69 Å². The van der Waals surface area contributed by atoms with E-state index >= 15 is 0 Å². The molecule has 0 radical (unpaired) electrons. The van der Waals surface area contributed by atoms with Crippen LogP contribution in [-0.2, 0) is 6.42 Å². The first-order chi connectivity index (χ1) is 9.84. The molecule has 0 amide bonds. The molecule has 0 spiro atoms. The molecule has 1 fully saturated rings. The van der Waals surface area contributed by atoms with Crippen LogP contribution in [0.3, 0.4) is 0 Å². The van der Waals surface area contributed by atoms with Crippen molar-refractivity contribution in [3.8, 4) is 0 Å². The number of hydrogen-bond acceptors (Lipinski definition) is 3. The molecule has 1 aromatic rings. The van der Waals surface area contributed by atoms with Gasteiger partial charge in [0.1, 0.15) is 0 Å². The summed E-state index contributed by atoms with van der Waals surface area (Å²) >= 11 is 0. The average molecular weight is 289 g/mol. The number of nitrogens with zero attached hydrogens (tertiary/aromatic N) is 2. The van der Waals surface area contributed by atoms with Gasteiger partial charge in [-0.2, -0.15) is 0 Å². The Balaban J connectivity index is 2.20. The first-order valence-electron chi connectivity index (χ1n) is 8.08. The van der Waals surface area contributed by atoms with E-state index in [1.807, 2.05) is 0 Å². The van der Waals surface area contributed by atoms with E-state index in [0.29, 0.717) is 5.54 Å². The van der Waals surface area contributed by atoms with E-state index < -0.39 is 0 Å². The van der Waals surface area contributed by atoms with Crippen molar-refractivity contribution in [2.45, 2.75) is 51.1 Å². The van der Waals surface area contributed by atoms with Crippen LogP contribution >= 0.6 is 0 Å². The van der Waals surface area contributed by atoms with Gasteiger partial charge in [-0.1, -0.05) is 17.7 Å². The summed E-state index contributed by atoms with van der Waals surface area (Å²) < 4.78 is 0. The SMILES string of the molecule is Cc1ccc(N(C)CC2(N(C)C)CCC2)c(CC(C)N)c1. The maximum atomic E-state index is 6.03. The van der Waals surface area contributed by atoms with Gasteiger partial charge < -0.3 is 15.5 Å². The van der Waals surface area contributed by atoms with Crippen molar-refractivity contribution in [2.24, 2.45) is 5.73 Å². The lowest BCUT2D eigenvalue weighted by Gasteiger charge is -2.49. The Labute approximate surface area is 130 Å². The van der Waals surface area contributed by atoms with Crippen LogP contribution < -0.4 is 10.6 Å². The van der Waals surface area contributed by atoms with Gasteiger partial charge in [0.2, 0.25) is 0 Å². The fourth-order valence-corrected chi connectivity index (χ4v) is 3.46. The second-order valence-corrected chi connectivity index (χ2v) is 7.14. The van der Waals surface area contributed by atoms with Crippen LogP contribution in [0.25, 0.3) is 0 Å². The third-order valence-corrected chi connectivity index (χ3v) is 4.95. The van der Waals surface area contributed by atoms with Crippen molar-refractivity contribution in [1.82, 2.24) is 4.90 Å². The first-order valence-corrected chi connectivity index (χ1v) is 8.08. The molecule has 3 nitrogen and oxygen atoms in total. The van der Waals surface area contributed by atoms with E-state index in [4.69, 9.17) is 5.73 Å². The molecule has 1 aliphatic carbocycles. The Morgan fingerprint density at radius 2 is 1.90 bits per heavy atom. The molecule has 0 aromatic heterocycles. The molecule has 0 heterocycles. The Bertz CT molecular complexity index is 475. The summed E-state index contributed by atoms with van der Waals surface area (Å²) in [6.07, 6.45) is 4.90. The molecule has 0 bridgehead atoms. The summed E-state index contributed by atoms with van der Waals surface area (Å²) in [6.45, 7) is 5.33. The van der Waals surface area contributed by atoms with Crippen LogP contribution in [0.5, 0.6) is 0 Å². The number of anilines is 1. The van der Waals surface area contributed by atoms with Crippen molar-refractivity contribution < 1.29 is 0 Å². The number of rotatable bonds is 6. The number of benzene rings is 1. The van der Waals surface area contributed by atoms with Gasteiger partial charge in [0.15, 0.2) is 0 Å². The highest BCUT2D eigenvalue weighted by Gasteiger charge is 2.40. The molecule has 3 heteroatoms. The van der Waals surface area contributed by atoms with Crippen molar-refractivity contribution in [3.05, 3.63) is 29.3 Å². The molecule has 1 saturated carbocycles. The minimum Gasteiger partial charge on any atom is -0.373 e. The monoisotopic (exact) mass is 289 g/mol. The van der Waals surface area contributed by atoms with Gasteiger partial charge in [0.05, 0.1) is 0 Å². The van der Waals surface area contributed by atoms with Gasteiger partial charge in [-0.3, -0.25) is 0 Å². The van der Waals surface area contributed by atoms with Gasteiger partial charge >= 0.3 is 0 Å². The lowest BCUT2D eigenvalue weighted by molar-refractivity contribution is 0.0683. The minimum atomic E-state index is 0.200. The third kappa shape index (κ3) is 3.58. The molecular weight excluding hydrogens is 258 g/mol. The molecule has 1 aromatic carbocycles. The summed E-state index contributed by atoms with van der Waals surface area (Å²) in [5, 5.41) is 0. The molecule has 1 aliphatic rings. The van der Waals surface area contributed by atoms with Gasteiger partial charge in [-0.25, -0.2) is 0 Å². The van der Waals surface area contributed by atoms with Crippen LogP contribution in [0.4, 0.5) is 5.69 Å². The fourth-order valence-electron chi connectivity index (χ4n) is 3.46. The second kappa shape index (κ2) is 6.37. The smallest absolute Gasteiger partial charge is 0.0397 e.